The van der Waals surface area contributed by atoms with Crippen molar-refractivity contribution < 1.29 is 9.47 Å². The van der Waals surface area contributed by atoms with Crippen LogP contribution in [0.3, 0.4) is 0 Å². The minimum atomic E-state index is 0.145. The largest absolute Gasteiger partial charge is 0.457 e. The third-order valence-electron chi connectivity index (χ3n) is 3.94. The Balaban J connectivity index is 1.98. The van der Waals surface area contributed by atoms with Crippen LogP contribution in [0.5, 0.6) is 11.5 Å². The topological polar surface area (TPSA) is 30.5 Å². The quantitative estimate of drug-likeness (QED) is 0.903. The Bertz CT molecular complexity index is 566. The van der Waals surface area contributed by atoms with E-state index in [1.807, 2.05) is 24.3 Å². The fourth-order valence-corrected chi connectivity index (χ4v) is 2.81. The number of rotatable bonds is 5. The molecule has 0 aliphatic carbocycles. The molecule has 0 amide bonds. The fourth-order valence-electron chi connectivity index (χ4n) is 2.81. The third kappa shape index (κ3) is 2.80. The summed E-state index contributed by atoms with van der Waals surface area (Å²) in [5.41, 5.74) is 2.37. The molecule has 0 saturated carbocycles. The highest BCUT2D eigenvalue weighted by Gasteiger charge is 2.28. The van der Waals surface area contributed by atoms with E-state index in [2.05, 4.69) is 36.5 Å². The molecule has 1 aliphatic rings. The molecule has 3 nitrogen and oxygen atoms in total. The molecule has 2 aromatic carbocycles. The molecule has 0 bridgehead atoms. The second kappa shape index (κ2) is 6.29. The van der Waals surface area contributed by atoms with E-state index in [4.69, 9.17) is 9.47 Å². The van der Waals surface area contributed by atoms with Crippen LogP contribution in [-0.2, 0) is 4.74 Å². The van der Waals surface area contributed by atoms with Crippen LogP contribution in [0.1, 0.15) is 30.5 Å². The lowest BCUT2D eigenvalue weighted by atomic mass is 9.93. The Morgan fingerprint density at radius 3 is 2.14 bits per heavy atom. The van der Waals surface area contributed by atoms with Gasteiger partial charge in [0.05, 0.1) is 12.6 Å². The lowest BCUT2D eigenvalue weighted by Crippen LogP contribution is -2.37. The predicted octanol–water partition coefficient (Wildman–Crippen LogP) is 3.90. The van der Waals surface area contributed by atoms with Gasteiger partial charge in [-0.05, 0) is 18.6 Å². The summed E-state index contributed by atoms with van der Waals surface area (Å²) in [6.07, 6.45) is 1.02. The molecule has 3 heteroatoms. The number of nitrogens with one attached hydrogen (secondary N) is 1. The first-order chi connectivity index (χ1) is 10.3. The first-order valence-electron chi connectivity index (χ1n) is 7.44. The van der Waals surface area contributed by atoms with Crippen LogP contribution in [0, 0.1) is 0 Å². The monoisotopic (exact) mass is 283 g/mol. The van der Waals surface area contributed by atoms with Crippen molar-refractivity contribution in [3.63, 3.8) is 0 Å². The summed E-state index contributed by atoms with van der Waals surface area (Å²) >= 11 is 0. The highest BCUT2D eigenvalue weighted by molar-refractivity contribution is 5.52. The molecule has 2 aromatic rings. The molecule has 0 saturated heterocycles. The maximum absolute atomic E-state index is 6.01. The SMILES string of the molecule is CCC(COC)NC1c2ccccc2Oc2ccccc21. The van der Waals surface area contributed by atoms with Crippen LogP contribution in [0.15, 0.2) is 48.5 Å². The predicted molar refractivity (Wildman–Crippen MR) is 83.9 cm³/mol. The lowest BCUT2D eigenvalue weighted by Gasteiger charge is -2.31. The van der Waals surface area contributed by atoms with E-state index in [1.165, 1.54) is 11.1 Å². The minimum Gasteiger partial charge on any atom is -0.457 e. The minimum absolute atomic E-state index is 0.145. The zero-order valence-electron chi connectivity index (χ0n) is 12.5. The van der Waals surface area contributed by atoms with E-state index in [0.29, 0.717) is 12.6 Å². The van der Waals surface area contributed by atoms with E-state index >= 15 is 0 Å². The average Bonchev–Trinajstić information content (AvgIpc) is 2.53. The molecule has 1 atom stereocenters. The number of benzene rings is 2. The maximum Gasteiger partial charge on any atom is 0.132 e. The van der Waals surface area contributed by atoms with Gasteiger partial charge in [-0.1, -0.05) is 43.3 Å². The van der Waals surface area contributed by atoms with Gasteiger partial charge in [0.2, 0.25) is 0 Å². The zero-order chi connectivity index (χ0) is 14.7. The molecule has 0 aromatic heterocycles. The second-order valence-corrected chi connectivity index (χ2v) is 5.34. The van der Waals surface area contributed by atoms with Crippen LogP contribution in [0.4, 0.5) is 0 Å². The molecule has 110 valence electrons. The van der Waals surface area contributed by atoms with E-state index < -0.39 is 0 Å². The third-order valence-corrected chi connectivity index (χ3v) is 3.94. The summed E-state index contributed by atoms with van der Waals surface area (Å²) in [4.78, 5) is 0. The van der Waals surface area contributed by atoms with Gasteiger partial charge in [0.25, 0.3) is 0 Å². The maximum atomic E-state index is 6.01. The summed E-state index contributed by atoms with van der Waals surface area (Å²) < 4.78 is 11.3. The van der Waals surface area contributed by atoms with Crippen LogP contribution in [0.2, 0.25) is 0 Å². The van der Waals surface area contributed by atoms with Crippen LogP contribution < -0.4 is 10.1 Å². The normalized spacial score (nSPS) is 15.0. The van der Waals surface area contributed by atoms with Crippen molar-refractivity contribution in [2.24, 2.45) is 0 Å². The number of hydrogen-bond donors (Lipinski definition) is 1. The van der Waals surface area contributed by atoms with Gasteiger partial charge in [-0.15, -0.1) is 0 Å². The first-order valence-corrected chi connectivity index (χ1v) is 7.44. The van der Waals surface area contributed by atoms with E-state index in [9.17, 15) is 0 Å². The molecular formula is C18H21NO2. The summed E-state index contributed by atoms with van der Waals surface area (Å²) in [6, 6.07) is 16.9. The molecule has 0 radical (unpaired) electrons. The summed E-state index contributed by atoms with van der Waals surface area (Å²) in [5.74, 6) is 1.86. The van der Waals surface area contributed by atoms with Crippen LogP contribution in [0.25, 0.3) is 0 Å². The van der Waals surface area contributed by atoms with Gasteiger partial charge in [-0.25, -0.2) is 0 Å². The van der Waals surface area contributed by atoms with E-state index in [1.54, 1.807) is 7.11 Å². The Morgan fingerprint density at radius 2 is 1.62 bits per heavy atom. The molecule has 3 rings (SSSR count). The number of hydrogen-bond acceptors (Lipinski definition) is 3. The number of ether oxygens (including phenoxy) is 2. The highest BCUT2D eigenvalue weighted by Crippen LogP contribution is 2.42. The Morgan fingerprint density at radius 1 is 1.05 bits per heavy atom. The van der Waals surface area contributed by atoms with Gasteiger partial charge < -0.3 is 14.8 Å². The van der Waals surface area contributed by atoms with Crippen molar-refractivity contribution in [1.82, 2.24) is 5.32 Å². The van der Waals surface area contributed by atoms with Gasteiger partial charge in [-0.3, -0.25) is 0 Å². The molecule has 1 aliphatic heterocycles. The number of methoxy groups -OCH3 is 1. The standard InChI is InChI=1S/C18H21NO2/c1-3-13(12-20-2)19-18-14-8-4-6-10-16(14)21-17-11-7-5-9-15(17)18/h4-11,13,18-19H,3,12H2,1-2H3. The fraction of sp³-hybridized carbons (Fsp3) is 0.333. The molecule has 1 N–H and O–H groups in total. The second-order valence-electron chi connectivity index (χ2n) is 5.34. The van der Waals surface area contributed by atoms with Crippen molar-refractivity contribution in [2.75, 3.05) is 13.7 Å². The first kappa shape index (κ1) is 14.1. The van der Waals surface area contributed by atoms with Crippen LogP contribution in [-0.4, -0.2) is 19.8 Å². The molecule has 21 heavy (non-hydrogen) atoms. The zero-order valence-corrected chi connectivity index (χ0v) is 12.5. The smallest absolute Gasteiger partial charge is 0.132 e. The Labute approximate surface area is 125 Å². The Kier molecular flexibility index (Phi) is 4.23. The summed E-state index contributed by atoms with van der Waals surface area (Å²) in [6.45, 7) is 2.88. The molecule has 0 spiro atoms. The lowest BCUT2D eigenvalue weighted by molar-refractivity contribution is 0.160. The summed E-state index contributed by atoms with van der Waals surface area (Å²) in [5, 5.41) is 3.71. The van der Waals surface area contributed by atoms with E-state index in [-0.39, 0.29) is 6.04 Å². The molecular weight excluding hydrogens is 262 g/mol. The van der Waals surface area contributed by atoms with Gasteiger partial charge in [-0.2, -0.15) is 0 Å². The summed E-state index contributed by atoms with van der Waals surface area (Å²) in [7, 11) is 1.75. The van der Waals surface area contributed by atoms with E-state index in [0.717, 1.165) is 17.9 Å². The van der Waals surface area contributed by atoms with Crippen molar-refractivity contribution in [2.45, 2.75) is 25.4 Å². The van der Waals surface area contributed by atoms with Gasteiger partial charge >= 0.3 is 0 Å². The molecule has 0 fully saturated rings. The number of para-hydroxylation sites is 2. The average molecular weight is 283 g/mol. The number of fused-ring (bicyclic) bond motifs is 2. The van der Waals surface area contributed by atoms with Crippen molar-refractivity contribution in [3.8, 4) is 11.5 Å². The van der Waals surface area contributed by atoms with Crippen molar-refractivity contribution >= 4 is 0 Å². The van der Waals surface area contributed by atoms with Crippen molar-refractivity contribution in [3.05, 3.63) is 59.7 Å². The Hall–Kier alpha value is -1.84. The van der Waals surface area contributed by atoms with Gasteiger partial charge in [0.1, 0.15) is 11.5 Å². The molecule has 1 unspecified atom stereocenters. The van der Waals surface area contributed by atoms with Gasteiger partial charge in [0, 0.05) is 24.3 Å². The van der Waals surface area contributed by atoms with Crippen molar-refractivity contribution in [1.29, 1.82) is 0 Å². The van der Waals surface area contributed by atoms with Gasteiger partial charge in [0.15, 0.2) is 0 Å². The van der Waals surface area contributed by atoms with Crippen LogP contribution >= 0.6 is 0 Å². The molecule has 1 heterocycles. The highest BCUT2D eigenvalue weighted by atomic mass is 16.5.